The predicted octanol–water partition coefficient (Wildman–Crippen LogP) is 2.13. The van der Waals surface area contributed by atoms with Crippen molar-refractivity contribution in [3.8, 4) is 0 Å². The summed E-state index contributed by atoms with van der Waals surface area (Å²) in [5, 5.41) is 4.46. The molecule has 0 aliphatic carbocycles. The van der Waals surface area contributed by atoms with Crippen molar-refractivity contribution in [1.29, 1.82) is 0 Å². The first-order valence-corrected chi connectivity index (χ1v) is 6.75. The number of rotatable bonds is 3. The van der Waals surface area contributed by atoms with E-state index in [-0.39, 0.29) is 17.9 Å². The molecule has 0 saturated heterocycles. The summed E-state index contributed by atoms with van der Waals surface area (Å²) in [4.78, 5) is 25.0. The molecular weight excluding hydrogens is 278 g/mol. The Hall–Kier alpha value is -1.88. The lowest BCUT2D eigenvalue weighted by Gasteiger charge is -2.26. The third-order valence-electron chi connectivity index (χ3n) is 3.38. The van der Waals surface area contributed by atoms with Crippen LogP contribution in [0.3, 0.4) is 0 Å². The molecule has 20 heavy (non-hydrogen) atoms. The van der Waals surface area contributed by atoms with Crippen molar-refractivity contribution in [2.45, 2.75) is 25.8 Å². The fourth-order valence-electron chi connectivity index (χ4n) is 2.00. The zero-order valence-electron chi connectivity index (χ0n) is 11.4. The summed E-state index contributed by atoms with van der Waals surface area (Å²) in [6.45, 7) is 1.92. The van der Waals surface area contributed by atoms with Crippen molar-refractivity contribution in [3.05, 3.63) is 34.9 Å². The Morgan fingerprint density at radius 2 is 2.20 bits per heavy atom. The van der Waals surface area contributed by atoms with E-state index in [0.717, 1.165) is 5.56 Å². The molecule has 106 valence electrons. The van der Waals surface area contributed by atoms with E-state index in [9.17, 15) is 9.59 Å². The summed E-state index contributed by atoms with van der Waals surface area (Å²) in [5.41, 5.74) is 3.66. The van der Waals surface area contributed by atoms with Crippen LogP contribution in [-0.2, 0) is 9.59 Å². The van der Waals surface area contributed by atoms with Crippen LogP contribution < -0.4 is 5.43 Å². The minimum absolute atomic E-state index is 0.124. The van der Waals surface area contributed by atoms with Crippen LogP contribution in [0, 0.1) is 0 Å². The molecule has 0 bridgehead atoms. The fraction of sp³-hybridized carbons (Fsp3) is 0.357. The molecule has 5 nitrogen and oxygen atoms in total. The van der Waals surface area contributed by atoms with Crippen molar-refractivity contribution in [2.75, 3.05) is 7.05 Å². The van der Waals surface area contributed by atoms with Gasteiger partial charge in [-0.3, -0.25) is 9.59 Å². The van der Waals surface area contributed by atoms with Crippen molar-refractivity contribution < 1.29 is 9.59 Å². The Kier molecular flexibility index (Phi) is 4.39. The molecule has 0 radical (unpaired) electrons. The molecule has 1 heterocycles. The highest BCUT2D eigenvalue weighted by atomic mass is 35.5. The molecule has 2 rings (SSSR count). The lowest BCUT2D eigenvalue weighted by molar-refractivity contribution is -0.125. The fourth-order valence-corrected chi connectivity index (χ4v) is 2.20. The molecule has 1 aromatic rings. The van der Waals surface area contributed by atoms with E-state index in [1.807, 2.05) is 25.1 Å². The standard InChI is InChI=1S/C14H16ClN3O2/c1-9(10-4-3-5-11(15)8-10)18(2)14(20)12-6-7-13(19)17-16-12/h3-5,8-9H,6-7H2,1-2H3,(H,17,19). The number of hydrogen-bond donors (Lipinski definition) is 1. The van der Waals surface area contributed by atoms with Crippen molar-refractivity contribution in [2.24, 2.45) is 5.10 Å². The number of halogens is 1. The van der Waals surface area contributed by atoms with Crippen molar-refractivity contribution in [3.63, 3.8) is 0 Å². The van der Waals surface area contributed by atoms with Gasteiger partial charge in [0.2, 0.25) is 5.91 Å². The van der Waals surface area contributed by atoms with Gasteiger partial charge in [-0.15, -0.1) is 0 Å². The summed E-state index contributed by atoms with van der Waals surface area (Å²) in [6, 6.07) is 7.28. The highest BCUT2D eigenvalue weighted by Crippen LogP contribution is 2.22. The number of carbonyl (C=O) groups is 2. The quantitative estimate of drug-likeness (QED) is 0.928. The second-order valence-corrected chi connectivity index (χ2v) is 5.18. The van der Waals surface area contributed by atoms with E-state index in [1.54, 1.807) is 18.0 Å². The monoisotopic (exact) mass is 293 g/mol. The summed E-state index contributed by atoms with van der Waals surface area (Å²) in [5.74, 6) is -0.343. The summed E-state index contributed by atoms with van der Waals surface area (Å²) in [7, 11) is 1.72. The van der Waals surface area contributed by atoms with Crippen LogP contribution in [0.4, 0.5) is 0 Å². The van der Waals surface area contributed by atoms with Crippen molar-refractivity contribution >= 4 is 29.1 Å². The summed E-state index contributed by atoms with van der Waals surface area (Å²) < 4.78 is 0. The average molecular weight is 294 g/mol. The van der Waals surface area contributed by atoms with Gasteiger partial charge < -0.3 is 4.90 Å². The van der Waals surface area contributed by atoms with Gasteiger partial charge in [-0.05, 0) is 24.6 Å². The first-order chi connectivity index (χ1) is 9.49. The molecule has 0 aromatic heterocycles. The highest BCUT2D eigenvalue weighted by Gasteiger charge is 2.24. The van der Waals surface area contributed by atoms with Gasteiger partial charge in [-0.2, -0.15) is 5.10 Å². The van der Waals surface area contributed by atoms with Crippen LogP contribution >= 0.6 is 11.6 Å². The maximum Gasteiger partial charge on any atom is 0.270 e. The predicted molar refractivity (Wildman–Crippen MR) is 77.4 cm³/mol. The Balaban J connectivity index is 2.12. The molecule has 6 heteroatoms. The highest BCUT2D eigenvalue weighted by molar-refractivity contribution is 6.39. The molecule has 1 aromatic carbocycles. The SMILES string of the molecule is CC(c1cccc(Cl)c1)N(C)C(=O)C1=NNC(=O)CC1. The van der Waals surface area contributed by atoms with E-state index >= 15 is 0 Å². The third kappa shape index (κ3) is 3.17. The van der Waals surface area contributed by atoms with Crippen LogP contribution in [0.2, 0.25) is 5.02 Å². The second kappa shape index (κ2) is 6.05. The number of nitrogens with zero attached hydrogens (tertiary/aromatic N) is 2. The van der Waals surface area contributed by atoms with Crippen LogP contribution in [-0.4, -0.2) is 29.5 Å². The molecular formula is C14H16ClN3O2. The number of benzene rings is 1. The van der Waals surface area contributed by atoms with Gasteiger partial charge in [0.1, 0.15) is 5.71 Å². The number of hydrogen-bond acceptors (Lipinski definition) is 3. The van der Waals surface area contributed by atoms with Gasteiger partial charge in [-0.25, -0.2) is 5.43 Å². The second-order valence-electron chi connectivity index (χ2n) is 4.74. The summed E-state index contributed by atoms with van der Waals surface area (Å²) >= 11 is 5.96. The molecule has 0 saturated carbocycles. The number of nitrogens with one attached hydrogen (secondary N) is 1. The zero-order chi connectivity index (χ0) is 14.7. The molecule has 0 spiro atoms. The van der Waals surface area contributed by atoms with Gasteiger partial charge >= 0.3 is 0 Å². The zero-order valence-corrected chi connectivity index (χ0v) is 12.1. The molecule has 1 N–H and O–H groups in total. The van der Waals surface area contributed by atoms with Crippen LogP contribution in [0.1, 0.15) is 31.4 Å². The van der Waals surface area contributed by atoms with Gasteiger partial charge in [0.15, 0.2) is 0 Å². The maximum absolute atomic E-state index is 12.3. The van der Waals surface area contributed by atoms with Gasteiger partial charge in [0, 0.05) is 24.9 Å². The first kappa shape index (κ1) is 14.5. The minimum atomic E-state index is -0.183. The summed E-state index contributed by atoms with van der Waals surface area (Å²) in [6.07, 6.45) is 0.668. The van der Waals surface area contributed by atoms with Gasteiger partial charge in [0.05, 0.1) is 6.04 Å². The third-order valence-corrected chi connectivity index (χ3v) is 3.62. The van der Waals surface area contributed by atoms with E-state index < -0.39 is 0 Å². The maximum atomic E-state index is 12.3. The lowest BCUT2D eigenvalue weighted by Crippen LogP contribution is -2.39. The smallest absolute Gasteiger partial charge is 0.270 e. The van der Waals surface area contributed by atoms with Gasteiger partial charge in [0.25, 0.3) is 5.91 Å². The molecule has 1 aliphatic heterocycles. The normalized spacial score (nSPS) is 16.1. The Bertz CT molecular complexity index is 571. The van der Waals surface area contributed by atoms with Crippen LogP contribution in [0.25, 0.3) is 0 Å². The van der Waals surface area contributed by atoms with Crippen LogP contribution in [0.15, 0.2) is 29.4 Å². The molecule has 1 atom stereocenters. The van der Waals surface area contributed by atoms with E-state index in [0.29, 0.717) is 23.6 Å². The van der Waals surface area contributed by atoms with E-state index in [2.05, 4.69) is 10.5 Å². The number of hydrazone groups is 1. The topological polar surface area (TPSA) is 61.8 Å². The molecule has 2 amide bonds. The van der Waals surface area contributed by atoms with E-state index in [4.69, 9.17) is 11.6 Å². The number of carbonyl (C=O) groups excluding carboxylic acids is 2. The Labute approximate surface area is 122 Å². The van der Waals surface area contributed by atoms with Gasteiger partial charge in [-0.1, -0.05) is 23.7 Å². The lowest BCUT2D eigenvalue weighted by atomic mass is 10.1. The largest absolute Gasteiger partial charge is 0.334 e. The van der Waals surface area contributed by atoms with E-state index in [1.165, 1.54) is 0 Å². The molecule has 1 unspecified atom stereocenters. The molecule has 1 aliphatic rings. The van der Waals surface area contributed by atoms with Crippen LogP contribution in [0.5, 0.6) is 0 Å². The minimum Gasteiger partial charge on any atom is -0.334 e. The Morgan fingerprint density at radius 1 is 1.45 bits per heavy atom. The Morgan fingerprint density at radius 3 is 2.80 bits per heavy atom. The van der Waals surface area contributed by atoms with Crippen molar-refractivity contribution in [1.82, 2.24) is 10.3 Å². The number of amides is 2. The average Bonchev–Trinajstić information content (AvgIpc) is 2.46. The first-order valence-electron chi connectivity index (χ1n) is 6.37. The molecule has 0 fully saturated rings.